The van der Waals surface area contributed by atoms with Gasteiger partial charge in [0.05, 0.1) is 19.3 Å². The van der Waals surface area contributed by atoms with Gasteiger partial charge in [-0.3, -0.25) is 4.79 Å². The molecule has 4 nitrogen and oxygen atoms in total. The number of nitrogens with zero attached hydrogens (tertiary/aromatic N) is 1. The highest BCUT2D eigenvalue weighted by Crippen LogP contribution is 2.36. The van der Waals surface area contributed by atoms with Crippen LogP contribution in [0.2, 0.25) is 0 Å². The minimum atomic E-state index is 0.00528. The lowest BCUT2D eigenvalue weighted by atomic mass is 10.1. The summed E-state index contributed by atoms with van der Waals surface area (Å²) in [6.07, 6.45) is 1.99. The Morgan fingerprint density at radius 2 is 1.80 bits per heavy atom. The first kappa shape index (κ1) is 17.3. The first-order valence-corrected chi connectivity index (χ1v) is 8.90. The summed E-state index contributed by atoms with van der Waals surface area (Å²) in [5.74, 6) is 1.30. The Labute approximate surface area is 149 Å². The van der Waals surface area contributed by atoms with E-state index in [4.69, 9.17) is 9.47 Å². The normalized spacial score (nSPS) is 15.6. The Morgan fingerprint density at radius 1 is 1.08 bits per heavy atom. The second-order valence-corrected chi connectivity index (χ2v) is 6.20. The molecular formula is C21H25NO3. The summed E-state index contributed by atoms with van der Waals surface area (Å²) in [6, 6.07) is 13.9. The van der Waals surface area contributed by atoms with Gasteiger partial charge in [0, 0.05) is 12.6 Å². The second-order valence-electron chi connectivity index (χ2n) is 6.20. The van der Waals surface area contributed by atoms with Crippen LogP contribution in [-0.4, -0.2) is 31.1 Å². The molecule has 25 heavy (non-hydrogen) atoms. The molecule has 1 amide bonds. The van der Waals surface area contributed by atoms with Gasteiger partial charge in [-0.25, -0.2) is 0 Å². The maximum absolute atomic E-state index is 13.0. The molecule has 1 unspecified atom stereocenters. The molecule has 0 saturated heterocycles. The monoisotopic (exact) mass is 339 g/mol. The van der Waals surface area contributed by atoms with Crippen LogP contribution in [0.15, 0.2) is 42.5 Å². The van der Waals surface area contributed by atoms with Crippen LogP contribution in [0.4, 0.5) is 0 Å². The number of fused-ring (bicyclic) bond motifs is 1. The van der Waals surface area contributed by atoms with E-state index in [1.807, 2.05) is 44.0 Å². The maximum atomic E-state index is 13.0. The third kappa shape index (κ3) is 3.48. The molecule has 0 radical (unpaired) electrons. The van der Waals surface area contributed by atoms with Gasteiger partial charge < -0.3 is 14.4 Å². The maximum Gasteiger partial charge on any atom is 0.254 e. The molecule has 0 spiro atoms. The highest BCUT2D eigenvalue weighted by molar-refractivity contribution is 5.95. The highest BCUT2D eigenvalue weighted by Gasteiger charge is 2.29. The van der Waals surface area contributed by atoms with Crippen LogP contribution < -0.4 is 9.47 Å². The third-order valence-corrected chi connectivity index (χ3v) is 4.68. The number of rotatable bonds is 6. The van der Waals surface area contributed by atoms with E-state index in [9.17, 15) is 4.79 Å². The number of hydrogen-bond donors (Lipinski definition) is 0. The molecule has 1 atom stereocenters. The van der Waals surface area contributed by atoms with Crippen LogP contribution in [0, 0.1) is 0 Å². The van der Waals surface area contributed by atoms with Crippen molar-refractivity contribution >= 4 is 5.91 Å². The summed E-state index contributed by atoms with van der Waals surface area (Å²) in [7, 11) is 1.88. The molecule has 0 saturated carbocycles. The molecule has 3 rings (SSSR count). The van der Waals surface area contributed by atoms with E-state index in [1.54, 1.807) is 6.07 Å². The van der Waals surface area contributed by atoms with E-state index >= 15 is 0 Å². The van der Waals surface area contributed by atoms with Crippen molar-refractivity contribution in [3.8, 4) is 11.5 Å². The minimum Gasteiger partial charge on any atom is -0.490 e. The fraction of sp³-hybridized carbons (Fsp3) is 0.381. The lowest BCUT2D eigenvalue weighted by Crippen LogP contribution is -2.30. The largest absolute Gasteiger partial charge is 0.490 e. The fourth-order valence-corrected chi connectivity index (χ4v) is 3.47. The number of benzene rings is 2. The van der Waals surface area contributed by atoms with Gasteiger partial charge >= 0.3 is 0 Å². The number of carbonyl (C=O) groups is 1. The van der Waals surface area contributed by atoms with Crippen molar-refractivity contribution in [1.29, 1.82) is 0 Å². The van der Waals surface area contributed by atoms with E-state index in [-0.39, 0.29) is 11.9 Å². The number of aryl methyl sites for hydroxylation is 1. The molecule has 0 bridgehead atoms. The van der Waals surface area contributed by atoms with Crippen molar-refractivity contribution in [2.75, 3.05) is 20.3 Å². The molecule has 0 N–H and O–H groups in total. The predicted molar refractivity (Wildman–Crippen MR) is 98.4 cm³/mol. The van der Waals surface area contributed by atoms with E-state index in [0.29, 0.717) is 30.3 Å². The topological polar surface area (TPSA) is 38.8 Å². The molecule has 4 heteroatoms. The molecule has 2 aromatic rings. The molecule has 2 aromatic carbocycles. The summed E-state index contributed by atoms with van der Waals surface area (Å²) in [5.41, 5.74) is 3.22. The number of hydrogen-bond acceptors (Lipinski definition) is 3. The van der Waals surface area contributed by atoms with Crippen molar-refractivity contribution in [2.24, 2.45) is 0 Å². The molecule has 1 aliphatic carbocycles. The average Bonchev–Trinajstić information content (AvgIpc) is 3.06. The van der Waals surface area contributed by atoms with E-state index in [2.05, 4.69) is 18.2 Å². The number of carbonyl (C=O) groups excluding carboxylic acids is 1. The SMILES string of the molecule is CCOc1ccc(C(=O)N(C)C2CCc3ccccc32)cc1OCC. The summed E-state index contributed by atoms with van der Waals surface area (Å²) in [6.45, 7) is 4.95. The minimum absolute atomic E-state index is 0.00528. The van der Waals surface area contributed by atoms with Crippen molar-refractivity contribution < 1.29 is 14.3 Å². The van der Waals surface area contributed by atoms with E-state index in [1.165, 1.54) is 11.1 Å². The Bertz CT molecular complexity index is 757. The third-order valence-electron chi connectivity index (χ3n) is 4.68. The Balaban J connectivity index is 1.84. The average molecular weight is 339 g/mol. The summed E-state index contributed by atoms with van der Waals surface area (Å²) < 4.78 is 11.2. The molecule has 132 valence electrons. The van der Waals surface area contributed by atoms with Crippen LogP contribution in [0.25, 0.3) is 0 Å². The Morgan fingerprint density at radius 3 is 2.56 bits per heavy atom. The van der Waals surface area contributed by atoms with Gasteiger partial charge in [0.15, 0.2) is 11.5 Å². The molecule has 1 aliphatic rings. The number of ether oxygens (including phenoxy) is 2. The Kier molecular flexibility index (Phi) is 5.27. The van der Waals surface area contributed by atoms with Gasteiger partial charge in [-0.1, -0.05) is 24.3 Å². The molecule has 0 fully saturated rings. The van der Waals surface area contributed by atoms with Crippen molar-refractivity contribution in [3.05, 3.63) is 59.2 Å². The van der Waals surface area contributed by atoms with Crippen LogP contribution in [0.3, 0.4) is 0 Å². The fourth-order valence-electron chi connectivity index (χ4n) is 3.47. The predicted octanol–water partition coefficient (Wildman–Crippen LogP) is 4.24. The van der Waals surface area contributed by atoms with Crippen molar-refractivity contribution in [3.63, 3.8) is 0 Å². The molecular weight excluding hydrogens is 314 g/mol. The van der Waals surface area contributed by atoms with Gasteiger partial charge in [0.1, 0.15) is 0 Å². The second kappa shape index (κ2) is 7.60. The zero-order valence-electron chi connectivity index (χ0n) is 15.1. The summed E-state index contributed by atoms with van der Waals surface area (Å²) >= 11 is 0. The van der Waals surface area contributed by atoms with Gasteiger partial charge in [-0.2, -0.15) is 0 Å². The van der Waals surface area contributed by atoms with Crippen LogP contribution >= 0.6 is 0 Å². The van der Waals surface area contributed by atoms with Gasteiger partial charge in [0.25, 0.3) is 5.91 Å². The van der Waals surface area contributed by atoms with Gasteiger partial charge in [-0.05, 0) is 56.0 Å². The van der Waals surface area contributed by atoms with Crippen LogP contribution in [0.1, 0.15) is 47.8 Å². The number of amides is 1. The van der Waals surface area contributed by atoms with Crippen molar-refractivity contribution in [1.82, 2.24) is 4.90 Å². The van der Waals surface area contributed by atoms with E-state index < -0.39 is 0 Å². The van der Waals surface area contributed by atoms with Crippen molar-refractivity contribution in [2.45, 2.75) is 32.7 Å². The lowest BCUT2D eigenvalue weighted by molar-refractivity contribution is 0.0730. The first-order chi connectivity index (χ1) is 12.2. The standard InChI is InChI=1S/C21H25NO3/c1-4-24-19-13-11-16(14-20(19)25-5-2)21(23)22(3)18-12-10-15-8-6-7-9-17(15)18/h6-9,11,13-14,18H,4-5,10,12H2,1-3H3. The molecule has 0 aliphatic heterocycles. The first-order valence-electron chi connectivity index (χ1n) is 8.90. The summed E-state index contributed by atoms with van der Waals surface area (Å²) in [4.78, 5) is 14.8. The highest BCUT2D eigenvalue weighted by atomic mass is 16.5. The molecule has 0 heterocycles. The van der Waals surface area contributed by atoms with Gasteiger partial charge in [0.2, 0.25) is 0 Å². The summed E-state index contributed by atoms with van der Waals surface area (Å²) in [5, 5.41) is 0. The van der Waals surface area contributed by atoms with Crippen LogP contribution in [-0.2, 0) is 6.42 Å². The quantitative estimate of drug-likeness (QED) is 0.790. The molecule has 0 aromatic heterocycles. The van der Waals surface area contributed by atoms with E-state index in [0.717, 1.165) is 12.8 Å². The lowest BCUT2D eigenvalue weighted by Gasteiger charge is -2.26. The van der Waals surface area contributed by atoms with Gasteiger partial charge in [-0.15, -0.1) is 0 Å². The zero-order chi connectivity index (χ0) is 17.8. The zero-order valence-corrected chi connectivity index (χ0v) is 15.1. The Hall–Kier alpha value is -2.49. The smallest absolute Gasteiger partial charge is 0.254 e. The van der Waals surface area contributed by atoms with Crippen LogP contribution in [0.5, 0.6) is 11.5 Å².